The van der Waals surface area contributed by atoms with Crippen LogP contribution in [0.2, 0.25) is 0 Å². The van der Waals surface area contributed by atoms with Gasteiger partial charge in [0.05, 0.1) is 0 Å². The number of aromatic nitrogens is 4. The monoisotopic (exact) mass is 727 g/mol. The molecular formula is C33H37B3BrN5O7. The first kappa shape index (κ1) is 42.4. The van der Waals surface area contributed by atoms with Crippen LogP contribution >= 0.6 is 15.9 Å². The molecule has 0 fully saturated rings. The summed E-state index contributed by atoms with van der Waals surface area (Å²) in [4.78, 5) is 16.8. The zero-order chi connectivity index (χ0) is 32.9. The third-order valence-corrected chi connectivity index (χ3v) is 6.93. The molecule has 16 heteroatoms. The molecule has 0 unspecified atom stereocenters. The molecule has 11 N–H and O–H groups in total. The number of hydrogen-bond acceptors (Lipinski definition) is 11. The molecule has 6 aromatic rings. The van der Waals surface area contributed by atoms with Crippen LogP contribution in [0, 0.1) is 0 Å². The van der Waals surface area contributed by atoms with Gasteiger partial charge in [0.1, 0.15) is 0 Å². The summed E-state index contributed by atoms with van der Waals surface area (Å²) in [5.74, 6) is 1.39. The highest BCUT2D eigenvalue weighted by molar-refractivity contribution is 9.10. The molecule has 0 aliphatic heterocycles. The lowest BCUT2D eigenvalue weighted by Gasteiger charge is -2.10. The molecule has 0 saturated heterocycles. The third-order valence-electron chi connectivity index (χ3n) is 6.44. The van der Waals surface area contributed by atoms with Crippen LogP contribution in [0.5, 0.6) is 0 Å². The molecule has 0 spiro atoms. The summed E-state index contributed by atoms with van der Waals surface area (Å²) < 4.78 is 1.04. The highest BCUT2D eigenvalue weighted by atomic mass is 79.9. The lowest BCUT2D eigenvalue weighted by Crippen LogP contribution is -2.49. The van der Waals surface area contributed by atoms with Crippen LogP contribution in [0.4, 0.5) is 0 Å². The van der Waals surface area contributed by atoms with Crippen molar-refractivity contribution in [1.82, 2.24) is 26.1 Å². The fraction of sp³-hybridized carbons (Fsp3) is 0.0303. The van der Waals surface area contributed by atoms with Crippen LogP contribution in [0.1, 0.15) is 7.43 Å². The van der Waals surface area contributed by atoms with Crippen molar-refractivity contribution >= 4 is 53.7 Å². The minimum atomic E-state index is -1.68. The molecule has 0 atom stereocenters. The van der Waals surface area contributed by atoms with E-state index in [1.165, 1.54) is 12.1 Å². The van der Waals surface area contributed by atoms with Gasteiger partial charge in [0.2, 0.25) is 0 Å². The highest BCUT2D eigenvalue weighted by Gasteiger charge is 2.22. The second-order valence-electron chi connectivity index (χ2n) is 9.57. The summed E-state index contributed by atoms with van der Waals surface area (Å²) in [6.07, 6.45) is 6.87. The first-order valence-corrected chi connectivity index (χ1v) is 14.7. The number of rotatable bonds is 6. The van der Waals surface area contributed by atoms with Crippen molar-refractivity contribution in [3.8, 4) is 33.9 Å². The van der Waals surface area contributed by atoms with Crippen LogP contribution in [0.15, 0.2) is 138 Å². The van der Waals surface area contributed by atoms with Crippen molar-refractivity contribution in [2.45, 2.75) is 7.43 Å². The van der Waals surface area contributed by atoms with Crippen LogP contribution in [0.25, 0.3) is 33.9 Å². The van der Waals surface area contributed by atoms with E-state index in [9.17, 15) is 10.0 Å². The topological polar surface area (TPSA) is 239 Å². The van der Waals surface area contributed by atoms with Crippen LogP contribution in [-0.4, -0.2) is 76.9 Å². The molecule has 0 aliphatic rings. The molecule has 4 aromatic carbocycles. The van der Waals surface area contributed by atoms with Gasteiger partial charge in [-0.25, -0.2) is 19.9 Å². The summed E-state index contributed by atoms with van der Waals surface area (Å²) in [7, 11) is -4.86. The third kappa shape index (κ3) is 12.4. The maximum absolute atomic E-state index is 9.48. The number of benzene rings is 4. The summed E-state index contributed by atoms with van der Waals surface area (Å²) >= 11 is 3.40. The summed E-state index contributed by atoms with van der Waals surface area (Å²) in [6, 6.07) is 32.4. The Morgan fingerprint density at radius 2 is 0.837 bits per heavy atom. The van der Waals surface area contributed by atoms with Gasteiger partial charge in [0.15, 0.2) is 11.6 Å². The van der Waals surface area contributed by atoms with Crippen molar-refractivity contribution in [3.05, 3.63) is 138 Å². The summed E-state index contributed by atoms with van der Waals surface area (Å²) in [6.45, 7) is 0. The average Bonchev–Trinajstić information content (AvgIpc) is 3.09. The molecule has 2 heterocycles. The molecule has 2 aromatic heterocycles. The van der Waals surface area contributed by atoms with Crippen molar-refractivity contribution < 1.29 is 35.6 Å². The fourth-order valence-corrected chi connectivity index (χ4v) is 4.72. The zero-order valence-corrected chi connectivity index (χ0v) is 27.1. The van der Waals surface area contributed by atoms with Gasteiger partial charge in [-0.05, 0) is 57.8 Å². The molecular weight excluding hydrogens is 691 g/mol. The van der Waals surface area contributed by atoms with Gasteiger partial charge < -0.3 is 41.8 Å². The maximum atomic E-state index is 9.48. The van der Waals surface area contributed by atoms with E-state index < -0.39 is 21.4 Å². The Kier molecular flexibility index (Phi) is 18.5. The molecule has 49 heavy (non-hydrogen) atoms. The van der Waals surface area contributed by atoms with Gasteiger partial charge in [-0.2, -0.15) is 0 Å². The molecule has 0 bridgehead atoms. The Bertz CT molecular complexity index is 1800. The van der Waals surface area contributed by atoms with Gasteiger partial charge >= 0.3 is 21.4 Å². The Morgan fingerprint density at radius 3 is 1.29 bits per heavy atom. The lowest BCUT2D eigenvalue weighted by atomic mass is 9.66. The van der Waals surface area contributed by atoms with Gasteiger partial charge in [-0.15, -0.1) is 0 Å². The Morgan fingerprint density at radius 1 is 0.449 bits per heavy atom. The standard InChI is InChI=1S/C16H13BN2O2.C10H7BrN2.C6H8B2O4.CH4.H3N.H2O/c20-17(21)15-8-2-1-7-14(15)12-5-3-6-13(11-12)16-18-9-4-10-19-16;11-9-4-1-3-8(7-9)10-12-5-2-6-13-10;9-7(10)5-3-1-2-4-6(5)8(11)12;;;/h1-11,20-21H;1-7H;1-4,9-12H;1H4;1H3;1H2. The zero-order valence-electron chi connectivity index (χ0n) is 25.5. The van der Waals surface area contributed by atoms with Gasteiger partial charge in [0, 0.05) is 40.4 Å². The molecule has 12 nitrogen and oxygen atoms in total. The Hall–Kier alpha value is -4.61. The Balaban J connectivity index is 0.000000376. The van der Waals surface area contributed by atoms with Crippen molar-refractivity contribution in [2.24, 2.45) is 0 Å². The molecule has 0 saturated carbocycles. The largest absolute Gasteiger partial charge is 0.489 e. The van der Waals surface area contributed by atoms with E-state index in [-0.39, 0.29) is 30.0 Å². The fourth-order valence-electron chi connectivity index (χ4n) is 4.32. The second kappa shape index (κ2) is 21.4. The maximum Gasteiger partial charge on any atom is 0.489 e. The number of halogens is 1. The van der Waals surface area contributed by atoms with Crippen LogP contribution in [-0.2, 0) is 0 Å². The predicted octanol–water partition coefficient (Wildman–Crippen LogP) is 1.42. The normalized spacial score (nSPS) is 9.45. The van der Waals surface area contributed by atoms with Gasteiger partial charge in [-0.1, -0.05) is 102 Å². The first-order valence-electron chi connectivity index (χ1n) is 13.9. The number of nitrogens with zero attached hydrogens (tertiary/aromatic N) is 4. The van der Waals surface area contributed by atoms with Crippen LogP contribution in [0.3, 0.4) is 0 Å². The van der Waals surface area contributed by atoms with E-state index in [0.29, 0.717) is 11.3 Å². The van der Waals surface area contributed by atoms with E-state index >= 15 is 0 Å². The van der Waals surface area contributed by atoms with E-state index in [1.807, 2.05) is 66.7 Å². The highest BCUT2D eigenvalue weighted by Crippen LogP contribution is 2.23. The molecule has 0 amide bonds. The lowest BCUT2D eigenvalue weighted by molar-refractivity contribution is 0.419. The molecule has 0 aliphatic carbocycles. The number of hydrogen-bond donors (Lipinski definition) is 7. The molecule has 252 valence electrons. The smallest absolute Gasteiger partial charge is 0.423 e. The van der Waals surface area contributed by atoms with Gasteiger partial charge in [-0.3, -0.25) is 0 Å². The minimum Gasteiger partial charge on any atom is -0.423 e. The minimum absolute atomic E-state index is 0. The first-order chi connectivity index (χ1) is 22.2. The summed E-state index contributed by atoms with van der Waals surface area (Å²) in [5, 5.41) is 54.1. The molecule has 0 radical (unpaired) electrons. The van der Waals surface area contributed by atoms with E-state index in [2.05, 4.69) is 35.9 Å². The Labute approximate surface area is 294 Å². The SMILES string of the molecule is Brc1cccc(-c2ncccn2)c1.C.N.O.OB(O)c1ccccc1-c1cccc(-c2ncccn2)c1.OB(O)c1ccccc1B(O)O. The van der Waals surface area contributed by atoms with E-state index in [4.69, 9.17) is 20.1 Å². The van der Waals surface area contributed by atoms with E-state index in [0.717, 1.165) is 32.6 Å². The van der Waals surface area contributed by atoms with Crippen molar-refractivity contribution in [1.29, 1.82) is 0 Å². The van der Waals surface area contributed by atoms with Crippen molar-refractivity contribution in [3.63, 3.8) is 0 Å². The van der Waals surface area contributed by atoms with Gasteiger partial charge in [0.25, 0.3) is 0 Å². The second-order valence-corrected chi connectivity index (χ2v) is 10.5. The van der Waals surface area contributed by atoms with Crippen molar-refractivity contribution in [2.75, 3.05) is 0 Å². The predicted molar refractivity (Wildman–Crippen MR) is 199 cm³/mol. The van der Waals surface area contributed by atoms with E-state index in [1.54, 1.807) is 55.1 Å². The van der Waals surface area contributed by atoms with Crippen LogP contribution < -0.4 is 22.5 Å². The average molecular weight is 728 g/mol. The summed E-state index contributed by atoms with van der Waals surface area (Å²) in [5.41, 5.74) is 4.27. The quantitative estimate of drug-likeness (QED) is 0.121. The molecule has 6 rings (SSSR count).